The lowest BCUT2D eigenvalue weighted by molar-refractivity contribution is 0.358. The molecule has 3 aromatic carbocycles. The van der Waals surface area contributed by atoms with Crippen molar-refractivity contribution in [3.05, 3.63) is 83.2 Å². The fourth-order valence-corrected chi connectivity index (χ4v) is 2.96. The molecule has 3 aromatic rings. The molecule has 0 atom stereocenters. The second-order valence-electron chi connectivity index (χ2n) is 6.22. The van der Waals surface area contributed by atoms with Crippen LogP contribution < -0.4 is 4.74 Å². The summed E-state index contributed by atoms with van der Waals surface area (Å²) in [6.45, 7) is 1.81. The average Bonchev–Trinajstić information content (AvgIpc) is 2.64. The van der Waals surface area contributed by atoms with Crippen molar-refractivity contribution in [1.82, 2.24) is 0 Å². The first-order valence-electron chi connectivity index (χ1n) is 8.60. The second-order valence-corrected chi connectivity index (χ2v) is 6.22. The Morgan fingerprint density at radius 2 is 1.53 bits per heavy atom. The zero-order valence-electron chi connectivity index (χ0n) is 15.4. The van der Waals surface area contributed by atoms with Crippen molar-refractivity contribution in [3.63, 3.8) is 0 Å². The minimum atomic E-state index is -2.37. The van der Waals surface area contributed by atoms with Crippen LogP contribution in [0, 0.1) is 29.1 Å². The molecule has 0 amide bonds. The molecular formula is C22H13F7O. The Bertz CT molecular complexity index is 1160. The molecule has 0 fully saturated rings. The summed E-state index contributed by atoms with van der Waals surface area (Å²) in [5.41, 5.74) is -2.07. The third-order valence-electron chi connectivity index (χ3n) is 4.26. The van der Waals surface area contributed by atoms with E-state index in [2.05, 4.69) is 0 Å². The molecule has 0 aliphatic heterocycles. The third-order valence-corrected chi connectivity index (χ3v) is 4.26. The Kier molecular flexibility index (Phi) is 6.14. The summed E-state index contributed by atoms with van der Waals surface area (Å²) in [7, 11) is 0. The van der Waals surface area contributed by atoms with Gasteiger partial charge in [-0.1, -0.05) is 12.2 Å². The van der Waals surface area contributed by atoms with Crippen molar-refractivity contribution in [2.75, 3.05) is 6.61 Å². The van der Waals surface area contributed by atoms with E-state index in [9.17, 15) is 30.7 Å². The Labute approximate surface area is 166 Å². The van der Waals surface area contributed by atoms with Gasteiger partial charge in [0.25, 0.3) is 6.08 Å². The van der Waals surface area contributed by atoms with E-state index < -0.39 is 51.7 Å². The van der Waals surface area contributed by atoms with Gasteiger partial charge in [-0.2, -0.15) is 8.78 Å². The van der Waals surface area contributed by atoms with Crippen molar-refractivity contribution in [3.8, 4) is 16.9 Å². The summed E-state index contributed by atoms with van der Waals surface area (Å²) >= 11 is 0. The van der Waals surface area contributed by atoms with Gasteiger partial charge in [0.2, 0.25) is 0 Å². The summed E-state index contributed by atoms with van der Waals surface area (Å²) < 4.78 is 102. The lowest BCUT2D eigenvalue weighted by Gasteiger charge is -2.12. The standard InChI is InChI=1S/C22H13F7O/c1-2-3-4-30-13-8-17(25)20(18(26)9-13)11-5-12-6-15(23)14(10-19(27)28)22(29)21(12)16(24)7-11/h2-3,5-10H,4H2,1H3. The Balaban J connectivity index is 2.15. The molecule has 0 heterocycles. The van der Waals surface area contributed by atoms with Gasteiger partial charge < -0.3 is 4.74 Å². The zero-order valence-corrected chi connectivity index (χ0v) is 15.4. The number of rotatable bonds is 5. The van der Waals surface area contributed by atoms with Crippen LogP contribution in [-0.2, 0) is 0 Å². The van der Waals surface area contributed by atoms with Crippen LogP contribution in [0.5, 0.6) is 5.75 Å². The van der Waals surface area contributed by atoms with E-state index in [1.165, 1.54) is 0 Å². The molecular weight excluding hydrogens is 413 g/mol. The summed E-state index contributed by atoms with van der Waals surface area (Å²) in [5, 5.41) is -1.16. The van der Waals surface area contributed by atoms with Gasteiger partial charge in [-0.3, -0.25) is 0 Å². The lowest BCUT2D eigenvalue weighted by atomic mass is 9.97. The van der Waals surface area contributed by atoms with Gasteiger partial charge in [0.15, 0.2) is 0 Å². The predicted molar refractivity (Wildman–Crippen MR) is 99.7 cm³/mol. The number of hydrogen-bond donors (Lipinski definition) is 0. The van der Waals surface area contributed by atoms with Crippen LogP contribution in [0.1, 0.15) is 12.5 Å². The van der Waals surface area contributed by atoms with Crippen molar-refractivity contribution >= 4 is 16.8 Å². The van der Waals surface area contributed by atoms with E-state index in [-0.39, 0.29) is 29.4 Å². The van der Waals surface area contributed by atoms with E-state index in [0.29, 0.717) is 12.1 Å². The summed E-state index contributed by atoms with van der Waals surface area (Å²) in [5.74, 6) is -6.47. The largest absolute Gasteiger partial charge is 0.489 e. The summed E-state index contributed by atoms with van der Waals surface area (Å²) in [4.78, 5) is 0. The fraction of sp³-hybridized carbons (Fsp3) is 0.0909. The highest BCUT2D eigenvalue weighted by atomic mass is 19.3. The van der Waals surface area contributed by atoms with Gasteiger partial charge in [0.1, 0.15) is 41.4 Å². The highest BCUT2D eigenvalue weighted by Crippen LogP contribution is 2.35. The molecule has 0 aromatic heterocycles. The lowest BCUT2D eigenvalue weighted by Crippen LogP contribution is -1.99. The summed E-state index contributed by atoms with van der Waals surface area (Å²) in [6, 6.07) is 4.01. The topological polar surface area (TPSA) is 9.23 Å². The molecule has 0 saturated carbocycles. The van der Waals surface area contributed by atoms with Crippen LogP contribution in [0.4, 0.5) is 30.7 Å². The van der Waals surface area contributed by atoms with E-state index >= 15 is 0 Å². The van der Waals surface area contributed by atoms with E-state index in [0.717, 1.165) is 18.2 Å². The van der Waals surface area contributed by atoms with Crippen molar-refractivity contribution in [2.45, 2.75) is 6.92 Å². The summed E-state index contributed by atoms with van der Waals surface area (Å²) in [6.07, 6.45) is 0.859. The molecule has 0 aliphatic carbocycles. The van der Waals surface area contributed by atoms with E-state index in [4.69, 9.17) is 4.74 Å². The Hall–Kier alpha value is -3.29. The molecule has 0 radical (unpaired) electrons. The van der Waals surface area contributed by atoms with Crippen molar-refractivity contribution in [2.24, 2.45) is 0 Å². The third kappa shape index (κ3) is 4.17. The number of allylic oxidation sites excluding steroid dienone is 1. The molecule has 8 heteroatoms. The van der Waals surface area contributed by atoms with Gasteiger partial charge in [-0.15, -0.1) is 0 Å². The molecule has 30 heavy (non-hydrogen) atoms. The van der Waals surface area contributed by atoms with Crippen molar-refractivity contribution in [1.29, 1.82) is 0 Å². The van der Waals surface area contributed by atoms with Gasteiger partial charge in [0.05, 0.1) is 16.5 Å². The van der Waals surface area contributed by atoms with Gasteiger partial charge in [0, 0.05) is 18.2 Å². The maximum atomic E-state index is 14.5. The number of benzene rings is 3. The SMILES string of the molecule is CC=CCOc1cc(F)c(-c2cc(F)c3c(F)c(C=C(F)F)c(F)cc3c2)c(F)c1. The monoisotopic (exact) mass is 426 g/mol. The zero-order chi connectivity index (χ0) is 22.0. The number of halogens is 7. The molecule has 3 rings (SSSR count). The van der Waals surface area contributed by atoms with Gasteiger partial charge in [-0.25, -0.2) is 22.0 Å². The Morgan fingerprint density at radius 1 is 0.867 bits per heavy atom. The highest BCUT2D eigenvalue weighted by Gasteiger charge is 2.20. The Morgan fingerprint density at radius 3 is 2.13 bits per heavy atom. The van der Waals surface area contributed by atoms with Crippen LogP contribution in [0.3, 0.4) is 0 Å². The minimum absolute atomic E-state index is 0.0662. The van der Waals surface area contributed by atoms with E-state index in [1.54, 1.807) is 19.1 Å². The maximum Gasteiger partial charge on any atom is 0.271 e. The second kappa shape index (κ2) is 8.61. The maximum absolute atomic E-state index is 14.5. The van der Waals surface area contributed by atoms with Crippen LogP contribution in [-0.4, -0.2) is 6.61 Å². The molecule has 0 spiro atoms. The quantitative estimate of drug-likeness (QED) is 0.305. The average molecular weight is 426 g/mol. The number of hydrogen-bond acceptors (Lipinski definition) is 1. The molecule has 0 unspecified atom stereocenters. The molecule has 0 N–H and O–H groups in total. The molecule has 1 nitrogen and oxygen atoms in total. The number of fused-ring (bicyclic) bond motifs is 1. The van der Waals surface area contributed by atoms with Crippen LogP contribution >= 0.6 is 0 Å². The fourth-order valence-electron chi connectivity index (χ4n) is 2.96. The predicted octanol–water partition coefficient (Wildman–Crippen LogP) is 7.39. The van der Waals surface area contributed by atoms with Crippen molar-refractivity contribution < 1.29 is 35.5 Å². The smallest absolute Gasteiger partial charge is 0.271 e. The minimum Gasteiger partial charge on any atom is -0.489 e. The molecule has 156 valence electrons. The molecule has 0 saturated heterocycles. The molecule has 0 aliphatic rings. The first-order chi connectivity index (χ1) is 14.2. The molecule has 0 bridgehead atoms. The van der Waals surface area contributed by atoms with Gasteiger partial charge in [-0.05, 0) is 36.1 Å². The normalized spacial score (nSPS) is 11.3. The van der Waals surface area contributed by atoms with Crippen LogP contribution in [0.2, 0.25) is 0 Å². The van der Waals surface area contributed by atoms with Crippen LogP contribution in [0.15, 0.2) is 48.6 Å². The first kappa shape index (κ1) is 21.4. The van der Waals surface area contributed by atoms with Gasteiger partial charge >= 0.3 is 0 Å². The first-order valence-corrected chi connectivity index (χ1v) is 8.60. The highest BCUT2D eigenvalue weighted by molar-refractivity contribution is 5.90. The van der Waals surface area contributed by atoms with E-state index in [1.807, 2.05) is 0 Å². The number of ether oxygens (including phenoxy) is 1. The van der Waals surface area contributed by atoms with Crippen LogP contribution in [0.25, 0.3) is 28.0 Å².